The zero-order valence-electron chi connectivity index (χ0n) is 16.3. The van der Waals surface area contributed by atoms with E-state index in [-0.39, 0.29) is 4.90 Å². The standard InChI is InChI=1S/C20H24N4O4S/c1-28-17-6-3-2-5-16(17)23-12-10-22(11-13-23)8-4-9-24-19(25)18-15(21-20(24)26)7-14-29(18)27/h2-3,5-7,14H,4,8-13H2,1H3,(H,21,26). The van der Waals surface area contributed by atoms with E-state index in [2.05, 4.69) is 20.9 Å². The molecule has 2 aliphatic rings. The van der Waals surface area contributed by atoms with Gasteiger partial charge in [0.15, 0.2) is 0 Å². The highest BCUT2D eigenvalue weighted by Crippen LogP contribution is 2.28. The molecule has 0 aliphatic carbocycles. The number of aromatic amines is 1. The number of nitrogens with one attached hydrogen (secondary N) is 1. The summed E-state index contributed by atoms with van der Waals surface area (Å²) in [7, 11) is 0.211. The Hall–Kier alpha value is -2.65. The molecular formula is C20H24N4O4S. The fraction of sp³-hybridized carbons (Fsp3) is 0.400. The molecule has 0 amide bonds. The van der Waals surface area contributed by atoms with Gasteiger partial charge in [0.05, 0.1) is 29.3 Å². The van der Waals surface area contributed by atoms with Gasteiger partial charge in [-0.15, -0.1) is 0 Å². The zero-order chi connectivity index (χ0) is 20.4. The quantitative estimate of drug-likeness (QED) is 0.751. The van der Waals surface area contributed by atoms with Crippen molar-refractivity contribution in [1.82, 2.24) is 14.5 Å². The van der Waals surface area contributed by atoms with Crippen LogP contribution in [0.15, 0.2) is 44.2 Å². The van der Waals surface area contributed by atoms with Gasteiger partial charge in [-0.2, -0.15) is 0 Å². The van der Waals surface area contributed by atoms with Crippen molar-refractivity contribution in [2.24, 2.45) is 0 Å². The number of hydrogen-bond donors (Lipinski definition) is 1. The Morgan fingerprint density at radius 1 is 1.10 bits per heavy atom. The first-order valence-electron chi connectivity index (χ1n) is 9.64. The van der Waals surface area contributed by atoms with E-state index < -0.39 is 22.0 Å². The SMILES string of the molecule is COc1ccccc1N1CCN(CCCn2c(=O)[nH]c3c(c2=O)S(=O)C=C3)CC1. The van der Waals surface area contributed by atoms with Crippen LogP contribution in [0.3, 0.4) is 0 Å². The summed E-state index contributed by atoms with van der Waals surface area (Å²) in [6, 6.07) is 8.02. The number of ether oxygens (including phenoxy) is 1. The molecule has 1 aromatic heterocycles. The van der Waals surface area contributed by atoms with Crippen molar-refractivity contribution in [2.75, 3.05) is 44.7 Å². The van der Waals surface area contributed by atoms with E-state index in [0.717, 1.165) is 48.7 Å². The number of fused-ring (bicyclic) bond motifs is 1. The number of para-hydroxylation sites is 2. The van der Waals surface area contributed by atoms with Crippen molar-refractivity contribution >= 4 is 22.6 Å². The van der Waals surface area contributed by atoms with Crippen LogP contribution < -0.4 is 20.9 Å². The largest absolute Gasteiger partial charge is 0.495 e. The molecule has 2 aliphatic heterocycles. The first-order valence-corrected chi connectivity index (χ1v) is 10.9. The van der Waals surface area contributed by atoms with E-state index in [1.165, 1.54) is 11.5 Å². The van der Waals surface area contributed by atoms with Crippen LogP contribution in [0.5, 0.6) is 5.75 Å². The number of nitrogens with zero attached hydrogens (tertiary/aromatic N) is 3. The van der Waals surface area contributed by atoms with E-state index in [0.29, 0.717) is 18.7 Å². The lowest BCUT2D eigenvalue weighted by molar-refractivity contribution is 0.248. The lowest BCUT2D eigenvalue weighted by Crippen LogP contribution is -2.47. The molecular weight excluding hydrogens is 392 g/mol. The molecule has 1 unspecified atom stereocenters. The lowest BCUT2D eigenvalue weighted by atomic mass is 10.2. The Balaban J connectivity index is 1.33. The maximum atomic E-state index is 12.5. The highest BCUT2D eigenvalue weighted by molar-refractivity contribution is 7.88. The summed E-state index contributed by atoms with van der Waals surface area (Å²) < 4.78 is 18.5. The number of benzene rings is 1. The van der Waals surface area contributed by atoms with Crippen LogP contribution in [0.1, 0.15) is 12.1 Å². The van der Waals surface area contributed by atoms with Crippen molar-refractivity contribution < 1.29 is 8.95 Å². The monoisotopic (exact) mass is 416 g/mol. The number of methoxy groups -OCH3 is 1. The van der Waals surface area contributed by atoms with Gasteiger partial charge >= 0.3 is 5.69 Å². The molecule has 8 nitrogen and oxygen atoms in total. The predicted octanol–water partition coefficient (Wildman–Crippen LogP) is 0.849. The molecule has 0 radical (unpaired) electrons. The summed E-state index contributed by atoms with van der Waals surface area (Å²) >= 11 is 0. The number of rotatable bonds is 6. The van der Waals surface area contributed by atoms with Crippen LogP contribution in [0.25, 0.3) is 6.08 Å². The van der Waals surface area contributed by atoms with Gasteiger partial charge in [0.25, 0.3) is 5.56 Å². The normalized spacial score (nSPS) is 18.8. The van der Waals surface area contributed by atoms with Crippen LogP contribution in [-0.2, 0) is 17.3 Å². The van der Waals surface area contributed by atoms with E-state index >= 15 is 0 Å². The number of anilines is 1. The molecule has 3 heterocycles. The Labute approximate surface area is 170 Å². The van der Waals surface area contributed by atoms with Gasteiger partial charge in [0.1, 0.15) is 10.6 Å². The Kier molecular flexibility index (Phi) is 5.68. The highest BCUT2D eigenvalue weighted by atomic mass is 32.2. The third-order valence-corrected chi connectivity index (χ3v) is 6.56. The van der Waals surface area contributed by atoms with E-state index in [1.807, 2.05) is 18.2 Å². The van der Waals surface area contributed by atoms with Crippen molar-refractivity contribution in [3.05, 3.63) is 56.2 Å². The van der Waals surface area contributed by atoms with E-state index in [1.54, 1.807) is 7.11 Å². The minimum absolute atomic E-state index is 0.176. The van der Waals surface area contributed by atoms with Gasteiger partial charge in [-0.3, -0.25) is 14.3 Å². The molecule has 2 aromatic rings. The number of H-pyrrole nitrogens is 1. The zero-order valence-corrected chi connectivity index (χ0v) is 17.1. The average Bonchev–Trinajstić information content (AvgIpc) is 3.11. The van der Waals surface area contributed by atoms with Gasteiger partial charge in [-0.1, -0.05) is 12.1 Å². The number of aromatic nitrogens is 2. The van der Waals surface area contributed by atoms with Gasteiger partial charge in [-0.05, 0) is 31.2 Å². The van der Waals surface area contributed by atoms with Crippen molar-refractivity contribution in [1.29, 1.82) is 0 Å². The molecule has 4 rings (SSSR count). The molecule has 1 N–H and O–H groups in total. The van der Waals surface area contributed by atoms with E-state index in [4.69, 9.17) is 4.74 Å². The highest BCUT2D eigenvalue weighted by Gasteiger charge is 2.22. The first kappa shape index (κ1) is 19.7. The number of piperazine rings is 1. The topological polar surface area (TPSA) is 87.6 Å². The van der Waals surface area contributed by atoms with Gasteiger partial charge < -0.3 is 14.6 Å². The molecule has 1 atom stereocenters. The third kappa shape index (κ3) is 3.92. The van der Waals surface area contributed by atoms with E-state index in [9.17, 15) is 13.8 Å². The fourth-order valence-corrected chi connectivity index (χ4v) is 4.85. The Morgan fingerprint density at radius 3 is 2.62 bits per heavy atom. The minimum Gasteiger partial charge on any atom is -0.495 e. The summed E-state index contributed by atoms with van der Waals surface area (Å²) in [4.78, 5) is 32.2. The molecule has 29 heavy (non-hydrogen) atoms. The molecule has 9 heteroatoms. The smallest absolute Gasteiger partial charge is 0.328 e. The second-order valence-corrected chi connectivity index (χ2v) is 8.36. The molecule has 0 saturated carbocycles. The Morgan fingerprint density at radius 2 is 1.86 bits per heavy atom. The fourth-order valence-electron chi connectivity index (χ4n) is 3.84. The summed E-state index contributed by atoms with van der Waals surface area (Å²) in [6.07, 6.45) is 2.20. The maximum absolute atomic E-state index is 12.5. The van der Waals surface area contributed by atoms with Crippen LogP contribution in [-0.4, -0.2) is 58.5 Å². The van der Waals surface area contributed by atoms with Crippen LogP contribution >= 0.6 is 0 Å². The molecule has 154 valence electrons. The maximum Gasteiger partial charge on any atom is 0.328 e. The lowest BCUT2D eigenvalue weighted by Gasteiger charge is -2.36. The van der Waals surface area contributed by atoms with Gasteiger partial charge in [0.2, 0.25) is 0 Å². The molecule has 1 saturated heterocycles. The van der Waals surface area contributed by atoms with Gasteiger partial charge in [-0.25, -0.2) is 9.00 Å². The van der Waals surface area contributed by atoms with Crippen molar-refractivity contribution in [2.45, 2.75) is 17.9 Å². The minimum atomic E-state index is -1.47. The number of hydrogen-bond acceptors (Lipinski definition) is 6. The van der Waals surface area contributed by atoms with Crippen molar-refractivity contribution in [3.63, 3.8) is 0 Å². The van der Waals surface area contributed by atoms with Crippen molar-refractivity contribution in [3.8, 4) is 5.75 Å². The third-order valence-electron chi connectivity index (χ3n) is 5.38. The molecule has 1 aromatic carbocycles. The Bertz CT molecular complexity index is 1070. The van der Waals surface area contributed by atoms with Crippen LogP contribution in [0.4, 0.5) is 5.69 Å². The summed E-state index contributed by atoms with van der Waals surface area (Å²) in [5.74, 6) is 0.878. The van der Waals surface area contributed by atoms with Crippen LogP contribution in [0, 0.1) is 0 Å². The summed E-state index contributed by atoms with van der Waals surface area (Å²) in [5, 5.41) is 1.42. The second-order valence-electron chi connectivity index (χ2n) is 7.08. The molecule has 1 fully saturated rings. The molecule has 0 bridgehead atoms. The summed E-state index contributed by atoms with van der Waals surface area (Å²) in [6.45, 7) is 4.70. The first-order chi connectivity index (χ1) is 14.1. The molecule has 0 spiro atoms. The van der Waals surface area contributed by atoms with Crippen LogP contribution in [0.2, 0.25) is 0 Å². The van der Waals surface area contributed by atoms with Gasteiger partial charge in [0, 0.05) is 38.1 Å². The average molecular weight is 417 g/mol. The predicted molar refractivity (Wildman–Crippen MR) is 113 cm³/mol. The second kappa shape index (κ2) is 8.38. The summed E-state index contributed by atoms with van der Waals surface area (Å²) in [5.41, 5.74) is 0.570.